The first-order chi connectivity index (χ1) is 29.5. The van der Waals surface area contributed by atoms with Crippen molar-refractivity contribution in [3.8, 4) is 0 Å². The minimum absolute atomic E-state index is 0.0798. The lowest BCUT2D eigenvalue weighted by Crippen LogP contribution is -2.46. The van der Waals surface area contributed by atoms with Gasteiger partial charge in [0.25, 0.3) is 0 Å². The first-order valence-corrected chi connectivity index (χ1v) is 26.9. The molecule has 0 aliphatic rings. The molecule has 1 amide bonds. The Morgan fingerprint density at radius 1 is 0.467 bits per heavy atom. The Labute approximate surface area is 374 Å². The fourth-order valence-electron chi connectivity index (χ4n) is 8.49. The molecule has 3 atom stereocenters. The highest BCUT2D eigenvalue weighted by Gasteiger charge is 2.24. The number of allylic oxidation sites excluding steroid dienone is 2. The van der Waals surface area contributed by atoms with Crippen LogP contribution in [0.5, 0.6) is 0 Å². The molecule has 0 spiro atoms. The van der Waals surface area contributed by atoms with E-state index in [0.717, 1.165) is 51.4 Å². The molecule has 6 nitrogen and oxygen atoms in total. The lowest BCUT2D eigenvalue weighted by molar-refractivity contribution is -0.151. The zero-order chi connectivity index (χ0) is 43.8. The quantitative estimate of drug-likeness (QED) is 0.0322. The second-order valence-electron chi connectivity index (χ2n) is 18.6. The molecule has 0 heterocycles. The number of ether oxygens (including phenoxy) is 1. The van der Waals surface area contributed by atoms with Crippen molar-refractivity contribution in [3.63, 3.8) is 0 Å². The van der Waals surface area contributed by atoms with Gasteiger partial charge in [0.1, 0.15) is 6.10 Å². The van der Waals surface area contributed by atoms with Crippen molar-refractivity contribution < 1.29 is 24.5 Å². The molecule has 0 saturated carbocycles. The van der Waals surface area contributed by atoms with E-state index < -0.39 is 18.2 Å². The highest BCUT2D eigenvalue weighted by atomic mass is 16.5. The van der Waals surface area contributed by atoms with Gasteiger partial charge in [0.05, 0.1) is 25.2 Å². The van der Waals surface area contributed by atoms with Gasteiger partial charge >= 0.3 is 5.97 Å². The summed E-state index contributed by atoms with van der Waals surface area (Å²) in [6.07, 6.45) is 54.3. The van der Waals surface area contributed by atoms with Crippen LogP contribution in [0.4, 0.5) is 0 Å². The summed E-state index contributed by atoms with van der Waals surface area (Å²) in [5, 5.41) is 23.7. The molecule has 3 unspecified atom stereocenters. The lowest BCUT2D eigenvalue weighted by atomic mass is 10.0. The van der Waals surface area contributed by atoms with Crippen molar-refractivity contribution in [2.75, 3.05) is 6.61 Å². The predicted octanol–water partition coefficient (Wildman–Crippen LogP) is 16.1. The van der Waals surface area contributed by atoms with Gasteiger partial charge in [-0.25, -0.2) is 0 Å². The van der Waals surface area contributed by atoms with Crippen LogP contribution < -0.4 is 5.32 Å². The van der Waals surface area contributed by atoms with Gasteiger partial charge in [0, 0.05) is 6.42 Å². The Balaban J connectivity index is 4.30. The number of aliphatic hydroxyl groups excluding tert-OH is 2. The molecular weight excluding hydrogens is 743 g/mol. The molecular formula is C54H105NO5. The minimum Gasteiger partial charge on any atom is -0.462 e. The highest BCUT2D eigenvalue weighted by Crippen LogP contribution is 2.18. The topological polar surface area (TPSA) is 95.9 Å². The third-order valence-corrected chi connectivity index (χ3v) is 12.6. The van der Waals surface area contributed by atoms with Gasteiger partial charge in [-0.05, 0) is 51.4 Å². The van der Waals surface area contributed by atoms with Crippen molar-refractivity contribution in [1.82, 2.24) is 5.32 Å². The van der Waals surface area contributed by atoms with Gasteiger partial charge in [-0.1, -0.05) is 245 Å². The number of unbranched alkanes of at least 4 members (excludes halogenated alkanes) is 35. The Hall–Kier alpha value is -1.40. The molecule has 0 fully saturated rings. The van der Waals surface area contributed by atoms with Crippen molar-refractivity contribution in [1.29, 1.82) is 0 Å². The van der Waals surface area contributed by atoms with Crippen molar-refractivity contribution in [2.24, 2.45) is 0 Å². The fourth-order valence-corrected chi connectivity index (χ4v) is 8.49. The van der Waals surface area contributed by atoms with Gasteiger partial charge in [0.15, 0.2) is 0 Å². The summed E-state index contributed by atoms with van der Waals surface area (Å²) in [7, 11) is 0. The smallest absolute Gasteiger partial charge is 0.306 e. The Kier molecular flexibility index (Phi) is 47.5. The molecule has 0 rings (SSSR count). The number of rotatable bonds is 49. The molecule has 356 valence electrons. The number of amides is 1. The molecule has 0 saturated heterocycles. The van der Waals surface area contributed by atoms with Gasteiger partial charge in [-0.15, -0.1) is 0 Å². The number of hydrogen-bond acceptors (Lipinski definition) is 5. The number of carbonyl (C=O) groups is 2. The summed E-state index contributed by atoms with van der Waals surface area (Å²) in [5.74, 6) is -0.472. The molecule has 0 aromatic heterocycles. The lowest BCUT2D eigenvalue weighted by Gasteiger charge is -2.24. The third-order valence-electron chi connectivity index (χ3n) is 12.6. The van der Waals surface area contributed by atoms with Crippen LogP contribution in [0.25, 0.3) is 0 Å². The van der Waals surface area contributed by atoms with E-state index in [1.54, 1.807) is 0 Å². The van der Waals surface area contributed by atoms with Crippen LogP contribution in [0.15, 0.2) is 12.2 Å². The fraction of sp³-hybridized carbons (Fsp3) is 0.926. The zero-order valence-electron chi connectivity index (χ0n) is 40.6. The van der Waals surface area contributed by atoms with Crippen molar-refractivity contribution >= 4 is 11.9 Å². The first kappa shape index (κ1) is 58.6. The summed E-state index contributed by atoms with van der Waals surface area (Å²) >= 11 is 0. The molecule has 0 aliphatic heterocycles. The van der Waals surface area contributed by atoms with E-state index in [-0.39, 0.29) is 24.9 Å². The van der Waals surface area contributed by atoms with E-state index in [2.05, 4.69) is 38.2 Å². The summed E-state index contributed by atoms with van der Waals surface area (Å²) in [4.78, 5) is 26.0. The Bertz CT molecular complexity index is 909. The summed E-state index contributed by atoms with van der Waals surface area (Å²) in [5.41, 5.74) is 0. The SMILES string of the molecule is CCCCCCCCCCC/C=C/CCCCCCCC(=O)OC(CCCCCCCCC)CC(=O)NC(CO)C(O)CCCCCCCCCCCCCCCCCC. The third kappa shape index (κ3) is 43.3. The van der Waals surface area contributed by atoms with E-state index in [1.165, 1.54) is 199 Å². The van der Waals surface area contributed by atoms with E-state index in [0.29, 0.717) is 19.3 Å². The number of aliphatic hydroxyl groups is 2. The van der Waals surface area contributed by atoms with Gasteiger partial charge < -0.3 is 20.3 Å². The van der Waals surface area contributed by atoms with Gasteiger partial charge in [0.2, 0.25) is 5.91 Å². The standard InChI is InChI=1S/C54H105NO5/c1-4-7-10-13-16-18-20-22-24-26-27-29-31-33-35-38-41-44-47-54(59)60-50(45-42-39-36-15-12-9-6-3)48-53(58)55-51(49-56)52(57)46-43-40-37-34-32-30-28-25-23-21-19-17-14-11-8-5-2/h27,29,50-52,56-57H,4-26,28,30-49H2,1-3H3,(H,55,58)/b29-27+. The first-order valence-electron chi connectivity index (χ1n) is 26.9. The van der Waals surface area contributed by atoms with Crippen LogP contribution in [0.3, 0.4) is 0 Å². The maximum Gasteiger partial charge on any atom is 0.306 e. The maximum absolute atomic E-state index is 13.1. The Morgan fingerprint density at radius 3 is 1.18 bits per heavy atom. The number of nitrogens with one attached hydrogen (secondary N) is 1. The van der Waals surface area contributed by atoms with Crippen LogP contribution in [0.1, 0.15) is 297 Å². The van der Waals surface area contributed by atoms with Crippen molar-refractivity contribution in [2.45, 2.75) is 315 Å². The molecule has 6 heteroatoms. The van der Waals surface area contributed by atoms with E-state index >= 15 is 0 Å². The molecule has 0 radical (unpaired) electrons. The average Bonchev–Trinajstić information content (AvgIpc) is 3.24. The summed E-state index contributed by atoms with van der Waals surface area (Å²) in [6.45, 7) is 6.48. The van der Waals surface area contributed by atoms with Crippen LogP contribution in [0, 0.1) is 0 Å². The minimum atomic E-state index is -0.782. The number of hydrogen-bond donors (Lipinski definition) is 3. The molecule has 3 N–H and O–H groups in total. The van der Waals surface area contributed by atoms with Crippen LogP contribution >= 0.6 is 0 Å². The molecule has 0 bridgehead atoms. The number of carbonyl (C=O) groups excluding carboxylic acids is 2. The zero-order valence-corrected chi connectivity index (χ0v) is 40.6. The highest BCUT2D eigenvalue weighted by molar-refractivity contribution is 5.77. The summed E-state index contributed by atoms with van der Waals surface area (Å²) < 4.78 is 5.90. The van der Waals surface area contributed by atoms with Crippen molar-refractivity contribution in [3.05, 3.63) is 12.2 Å². The average molecular weight is 848 g/mol. The number of esters is 1. The second-order valence-corrected chi connectivity index (χ2v) is 18.6. The van der Waals surface area contributed by atoms with Gasteiger partial charge in [-0.3, -0.25) is 9.59 Å². The molecule has 0 aromatic carbocycles. The van der Waals surface area contributed by atoms with E-state index in [4.69, 9.17) is 4.74 Å². The maximum atomic E-state index is 13.1. The predicted molar refractivity (Wildman–Crippen MR) is 260 cm³/mol. The normalized spacial score (nSPS) is 13.2. The molecule has 0 aromatic rings. The largest absolute Gasteiger partial charge is 0.462 e. The second kappa shape index (κ2) is 48.6. The summed E-state index contributed by atoms with van der Waals surface area (Å²) in [6, 6.07) is -0.695. The molecule has 60 heavy (non-hydrogen) atoms. The Morgan fingerprint density at radius 2 is 0.800 bits per heavy atom. The van der Waals surface area contributed by atoms with E-state index in [1.807, 2.05) is 0 Å². The monoisotopic (exact) mass is 848 g/mol. The van der Waals surface area contributed by atoms with E-state index in [9.17, 15) is 19.8 Å². The molecule has 0 aliphatic carbocycles. The van der Waals surface area contributed by atoms with Crippen LogP contribution in [-0.2, 0) is 14.3 Å². The van der Waals surface area contributed by atoms with Crippen LogP contribution in [0.2, 0.25) is 0 Å². The van der Waals surface area contributed by atoms with Gasteiger partial charge in [-0.2, -0.15) is 0 Å². The van der Waals surface area contributed by atoms with Crippen LogP contribution in [-0.4, -0.2) is 46.9 Å².